The van der Waals surface area contributed by atoms with Crippen molar-refractivity contribution in [1.29, 1.82) is 0 Å². The molecule has 2 unspecified atom stereocenters. The molecule has 0 radical (unpaired) electrons. The van der Waals surface area contributed by atoms with E-state index in [9.17, 15) is 0 Å². The molecule has 16 heavy (non-hydrogen) atoms. The lowest BCUT2D eigenvalue weighted by Crippen LogP contribution is -2.45. The molecule has 2 aliphatic heterocycles. The predicted molar refractivity (Wildman–Crippen MR) is 69.6 cm³/mol. The molecule has 2 atom stereocenters. The minimum absolute atomic E-state index is 0.470. The van der Waals surface area contributed by atoms with Gasteiger partial charge in [0.2, 0.25) is 0 Å². The molecule has 0 spiro atoms. The SMILES string of the molecule is CC(C)C1(CCC2CCCNC2)CCCN1. The van der Waals surface area contributed by atoms with E-state index < -0.39 is 0 Å². The van der Waals surface area contributed by atoms with Crippen LogP contribution in [0.25, 0.3) is 0 Å². The molecule has 0 aromatic heterocycles. The van der Waals surface area contributed by atoms with E-state index >= 15 is 0 Å². The van der Waals surface area contributed by atoms with Crippen LogP contribution in [0.3, 0.4) is 0 Å². The Bertz CT molecular complexity index is 201. The summed E-state index contributed by atoms with van der Waals surface area (Å²) in [5.74, 6) is 1.72. The lowest BCUT2D eigenvalue weighted by molar-refractivity contribution is 0.219. The topological polar surface area (TPSA) is 24.1 Å². The van der Waals surface area contributed by atoms with Gasteiger partial charge in [0.25, 0.3) is 0 Å². The number of hydrogen-bond acceptors (Lipinski definition) is 2. The van der Waals surface area contributed by atoms with Crippen LogP contribution in [0.15, 0.2) is 0 Å². The Morgan fingerprint density at radius 3 is 2.69 bits per heavy atom. The lowest BCUT2D eigenvalue weighted by atomic mass is 9.78. The normalized spacial score (nSPS) is 35.8. The molecular weight excluding hydrogens is 196 g/mol. The van der Waals surface area contributed by atoms with Crippen molar-refractivity contribution in [2.75, 3.05) is 19.6 Å². The zero-order valence-corrected chi connectivity index (χ0v) is 11.0. The van der Waals surface area contributed by atoms with E-state index in [0.717, 1.165) is 11.8 Å². The summed E-state index contributed by atoms with van der Waals surface area (Å²) < 4.78 is 0. The molecule has 2 heteroatoms. The Morgan fingerprint density at radius 2 is 2.12 bits per heavy atom. The van der Waals surface area contributed by atoms with E-state index in [1.807, 2.05) is 0 Å². The molecule has 2 fully saturated rings. The maximum Gasteiger partial charge on any atom is 0.0205 e. The molecule has 0 bridgehead atoms. The van der Waals surface area contributed by atoms with Crippen LogP contribution in [-0.2, 0) is 0 Å². The Labute approximate surface area is 101 Å². The van der Waals surface area contributed by atoms with Gasteiger partial charge in [-0.05, 0) is 70.0 Å². The van der Waals surface area contributed by atoms with Crippen LogP contribution in [0.4, 0.5) is 0 Å². The largest absolute Gasteiger partial charge is 0.316 e. The summed E-state index contributed by atoms with van der Waals surface area (Å²) >= 11 is 0. The average Bonchev–Trinajstić information content (AvgIpc) is 2.78. The fraction of sp³-hybridized carbons (Fsp3) is 1.00. The van der Waals surface area contributed by atoms with Crippen LogP contribution in [0.5, 0.6) is 0 Å². The molecule has 0 amide bonds. The van der Waals surface area contributed by atoms with Crippen molar-refractivity contribution in [3.63, 3.8) is 0 Å². The van der Waals surface area contributed by atoms with Gasteiger partial charge in [-0.1, -0.05) is 13.8 Å². The zero-order chi connectivity index (χ0) is 11.4. The van der Waals surface area contributed by atoms with Gasteiger partial charge in [0.05, 0.1) is 0 Å². The molecule has 0 aliphatic carbocycles. The fourth-order valence-corrected chi connectivity index (χ4v) is 3.46. The van der Waals surface area contributed by atoms with Crippen LogP contribution in [-0.4, -0.2) is 25.2 Å². The first-order valence-corrected chi connectivity index (χ1v) is 7.19. The molecular formula is C14H28N2. The van der Waals surface area contributed by atoms with Gasteiger partial charge in [-0.15, -0.1) is 0 Å². The number of piperidine rings is 1. The fourth-order valence-electron chi connectivity index (χ4n) is 3.46. The summed E-state index contributed by atoms with van der Waals surface area (Å²) in [5, 5.41) is 7.32. The Morgan fingerprint density at radius 1 is 1.25 bits per heavy atom. The van der Waals surface area contributed by atoms with Gasteiger partial charge in [-0.2, -0.15) is 0 Å². The van der Waals surface area contributed by atoms with E-state index in [4.69, 9.17) is 0 Å². The highest BCUT2D eigenvalue weighted by molar-refractivity contribution is 4.95. The van der Waals surface area contributed by atoms with Crippen molar-refractivity contribution < 1.29 is 0 Å². The molecule has 0 saturated carbocycles. The molecule has 2 aliphatic rings. The van der Waals surface area contributed by atoms with Crippen LogP contribution >= 0.6 is 0 Å². The third kappa shape index (κ3) is 2.78. The van der Waals surface area contributed by atoms with Crippen LogP contribution < -0.4 is 10.6 Å². The van der Waals surface area contributed by atoms with Gasteiger partial charge in [0, 0.05) is 5.54 Å². The van der Waals surface area contributed by atoms with Crippen molar-refractivity contribution >= 4 is 0 Å². The van der Waals surface area contributed by atoms with Crippen LogP contribution in [0.1, 0.15) is 52.4 Å². The molecule has 2 rings (SSSR count). The van der Waals surface area contributed by atoms with Gasteiger partial charge >= 0.3 is 0 Å². The van der Waals surface area contributed by atoms with Crippen molar-refractivity contribution in [2.24, 2.45) is 11.8 Å². The van der Waals surface area contributed by atoms with Crippen LogP contribution in [0.2, 0.25) is 0 Å². The van der Waals surface area contributed by atoms with Gasteiger partial charge in [0.15, 0.2) is 0 Å². The van der Waals surface area contributed by atoms with E-state index in [1.165, 1.54) is 58.2 Å². The highest BCUT2D eigenvalue weighted by atomic mass is 15.0. The minimum atomic E-state index is 0.470. The van der Waals surface area contributed by atoms with Crippen molar-refractivity contribution in [3.05, 3.63) is 0 Å². The maximum absolute atomic E-state index is 3.79. The minimum Gasteiger partial charge on any atom is -0.316 e. The summed E-state index contributed by atoms with van der Waals surface area (Å²) in [6.45, 7) is 8.51. The van der Waals surface area contributed by atoms with Crippen molar-refractivity contribution in [3.8, 4) is 0 Å². The molecule has 94 valence electrons. The highest BCUT2D eigenvalue weighted by Gasteiger charge is 2.36. The summed E-state index contributed by atoms with van der Waals surface area (Å²) in [6, 6.07) is 0. The molecule has 2 heterocycles. The third-order valence-electron chi connectivity index (χ3n) is 4.78. The van der Waals surface area contributed by atoms with Crippen molar-refractivity contribution in [2.45, 2.75) is 57.9 Å². The third-order valence-corrected chi connectivity index (χ3v) is 4.78. The number of nitrogens with one attached hydrogen (secondary N) is 2. The second kappa shape index (κ2) is 5.50. The Kier molecular flexibility index (Phi) is 4.26. The molecule has 2 N–H and O–H groups in total. The predicted octanol–water partition coefficient (Wildman–Crippen LogP) is 2.54. The van der Waals surface area contributed by atoms with Gasteiger partial charge in [-0.25, -0.2) is 0 Å². The summed E-state index contributed by atoms with van der Waals surface area (Å²) in [5.41, 5.74) is 0.470. The average molecular weight is 224 g/mol. The monoisotopic (exact) mass is 224 g/mol. The zero-order valence-electron chi connectivity index (χ0n) is 11.0. The smallest absolute Gasteiger partial charge is 0.0205 e. The van der Waals surface area contributed by atoms with E-state index in [1.54, 1.807) is 0 Å². The van der Waals surface area contributed by atoms with Gasteiger partial charge in [-0.3, -0.25) is 0 Å². The van der Waals surface area contributed by atoms with E-state index in [2.05, 4.69) is 24.5 Å². The summed E-state index contributed by atoms with van der Waals surface area (Å²) in [7, 11) is 0. The Hall–Kier alpha value is -0.0800. The second-order valence-corrected chi connectivity index (χ2v) is 6.09. The molecule has 2 nitrogen and oxygen atoms in total. The highest BCUT2D eigenvalue weighted by Crippen LogP contribution is 2.34. The first kappa shape index (κ1) is 12.4. The Balaban J connectivity index is 1.81. The first-order chi connectivity index (χ1) is 7.73. The number of rotatable bonds is 4. The van der Waals surface area contributed by atoms with Gasteiger partial charge < -0.3 is 10.6 Å². The van der Waals surface area contributed by atoms with Crippen molar-refractivity contribution in [1.82, 2.24) is 10.6 Å². The van der Waals surface area contributed by atoms with Gasteiger partial charge in [0.1, 0.15) is 0 Å². The van der Waals surface area contributed by atoms with Crippen LogP contribution in [0, 0.1) is 11.8 Å². The van der Waals surface area contributed by atoms with E-state index in [0.29, 0.717) is 5.54 Å². The summed E-state index contributed by atoms with van der Waals surface area (Å²) in [4.78, 5) is 0. The molecule has 0 aromatic carbocycles. The molecule has 0 aromatic rings. The standard InChI is InChI=1S/C14H28N2/c1-12(2)14(7-4-10-16-14)8-6-13-5-3-9-15-11-13/h12-13,15-16H,3-11H2,1-2H3. The maximum atomic E-state index is 3.79. The number of hydrogen-bond donors (Lipinski definition) is 2. The van der Waals surface area contributed by atoms with E-state index in [-0.39, 0.29) is 0 Å². The second-order valence-electron chi connectivity index (χ2n) is 6.09. The molecule has 2 saturated heterocycles. The first-order valence-electron chi connectivity index (χ1n) is 7.19. The lowest BCUT2D eigenvalue weighted by Gasteiger charge is -2.36. The quantitative estimate of drug-likeness (QED) is 0.767. The summed E-state index contributed by atoms with van der Waals surface area (Å²) in [6.07, 6.45) is 8.40.